The quantitative estimate of drug-likeness (QED) is 0.581. The molecule has 0 spiro atoms. The Balaban J connectivity index is 2.01. The van der Waals surface area contributed by atoms with Crippen molar-refractivity contribution < 1.29 is 19.6 Å². The van der Waals surface area contributed by atoms with Gasteiger partial charge in [-0.3, -0.25) is 14.9 Å². The molecule has 0 aliphatic carbocycles. The summed E-state index contributed by atoms with van der Waals surface area (Å²) in [5, 5.41) is 26.4. The van der Waals surface area contributed by atoms with Gasteiger partial charge in [-0.1, -0.05) is 36.4 Å². The number of carbonyl (C=O) groups excluding carboxylic acids is 2. The van der Waals surface area contributed by atoms with Crippen molar-refractivity contribution in [2.24, 2.45) is 0 Å². The number of non-ortho nitro benzene ring substituents is 1. The van der Waals surface area contributed by atoms with Crippen LogP contribution in [0, 0.1) is 10.1 Å². The highest BCUT2D eigenvalue weighted by atomic mass is 16.6. The van der Waals surface area contributed by atoms with Crippen LogP contribution in [0.5, 0.6) is 0 Å². The highest BCUT2D eigenvalue weighted by Gasteiger charge is 2.17. The van der Waals surface area contributed by atoms with Crippen molar-refractivity contribution in [2.45, 2.75) is 0 Å². The van der Waals surface area contributed by atoms with Crippen LogP contribution in [-0.4, -0.2) is 16.8 Å². The number of anilines is 1. The normalized spacial score (nSPS) is 10.4. The standard InChI is InChI=1S/C18H12N2O5/c21-17(14-9-8-12(20(24)25)10-15(14)18(22)23)19-16-7-3-5-11-4-1-2-6-13(11)16/h1-10H,(H,19,21)(H,22,23)/p-1. The van der Waals surface area contributed by atoms with E-state index in [1.54, 1.807) is 12.1 Å². The number of hydrogen-bond donors (Lipinski definition) is 1. The summed E-state index contributed by atoms with van der Waals surface area (Å²) in [5.74, 6) is -2.35. The van der Waals surface area contributed by atoms with Gasteiger partial charge in [0.25, 0.3) is 11.6 Å². The molecular formula is C18H11N2O5-. The molecule has 0 aliphatic heterocycles. The van der Waals surface area contributed by atoms with Crippen molar-refractivity contribution in [3.8, 4) is 0 Å². The van der Waals surface area contributed by atoms with Crippen LogP contribution < -0.4 is 10.4 Å². The molecule has 0 atom stereocenters. The second-order valence-corrected chi connectivity index (χ2v) is 5.26. The summed E-state index contributed by atoms with van der Waals surface area (Å²) in [6.07, 6.45) is 0. The van der Waals surface area contributed by atoms with Crippen LogP contribution in [0.25, 0.3) is 10.8 Å². The Morgan fingerprint density at radius 1 is 0.920 bits per heavy atom. The Labute approximate surface area is 141 Å². The average molecular weight is 335 g/mol. The van der Waals surface area contributed by atoms with E-state index in [9.17, 15) is 24.8 Å². The van der Waals surface area contributed by atoms with Crippen molar-refractivity contribution in [3.63, 3.8) is 0 Å². The van der Waals surface area contributed by atoms with E-state index in [1.807, 2.05) is 30.3 Å². The smallest absolute Gasteiger partial charge is 0.270 e. The summed E-state index contributed by atoms with van der Waals surface area (Å²) < 4.78 is 0. The highest BCUT2D eigenvalue weighted by molar-refractivity contribution is 6.13. The van der Waals surface area contributed by atoms with Gasteiger partial charge in [0.2, 0.25) is 0 Å². The van der Waals surface area contributed by atoms with Gasteiger partial charge in [-0.05, 0) is 17.5 Å². The largest absolute Gasteiger partial charge is 0.545 e. The van der Waals surface area contributed by atoms with E-state index in [0.717, 1.165) is 29.0 Å². The number of hydrogen-bond acceptors (Lipinski definition) is 5. The molecule has 25 heavy (non-hydrogen) atoms. The molecule has 7 nitrogen and oxygen atoms in total. The SMILES string of the molecule is O=C([O-])c1cc([N+](=O)[O-])ccc1C(=O)Nc1cccc2ccccc12. The summed E-state index contributed by atoms with van der Waals surface area (Å²) in [7, 11) is 0. The summed E-state index contributed by atoms with van der Waals surface area (Å²) in [6.45, 7) is 0. The lowest BCUT2D eigenvalue weighted by Gasteiger charge is -2.12. The fourth-order valence-corrected chi connectivity index (χ4v) is 2.54. The molecule has 124 valence electrons. The van der Waals surface area contributed by atoms with Crippen LogP contribution in [0.15, 0.2) is 60.7 Å². The Kier molecular flexibility index (Phi) is 4.13. The Hall–Kier alpha value is -3.74. The first-order chi connectivity index (χ1) is 12.0. The Bertz CT molecular complexity index is 1010. The van der Waals surface area contributed by atoms with Gasteiger partial charge >= 0.3 is 0 Å². The third-order valence-corrected chi connectivity index (χ3v) is 3.72. The zero-order valence-electron chi connectivity index (χ0n) is 12.8. The first kappa shape index (κ1) is 16.1. The Morgan fingerprint density at radius 3 is 2.36 bits per heavy atom. The number of aromatic carboxylic acids is 1. The number of carboxylic acids is 1. The topological polar surface area (TPSA) is 112 Å². The number of carbonyl (C=O) groups is 2. The van der Waals surface area contributed by atoms with Crippen LogP contribution in [-0.2, 0) is 0 Å². The number of benzene rings is 3. The molecule has 7 heteroatoms. The first-order valence-electron chi connectivity index (χ1n) is 7.26. The van der Waals surface area contributed by atoms with E-state index in [0.29, 0.717) is 5.69 Å². The number of rotatable bonds is 4. The lowest BCUT2D eigenvalue weighted by atomic mass is 10.0. The minimum Gasteiger partial charge on any atom is -0.545 e. The molecule has 0 unspecified atom stereocenters. The molecular weight excluding hydrogens is 324 g/mol. The number of nitrogens with zero attached hydrogens (tertiary/aromatic N) is 1. The van der Waals surface area contributed by atoms with Crippen LogP contribution in [0.3, 0.4) is 0 Å². The number of nitro benzene ring substituents is 1. The molecule has 0 aromatic heterocycles. The minimum absolute atomic E-state index is 0.210. The van der Waals surface area contributed by atoms with E-state index in [2.05, 4.69) is 5.32 Å². The van der Waals surface area contributed by atoms with Crippen molar-refractivity contribution in [2.75, 3.05) is 5.32 Å². The molecule has 0 fully saturated rings. The zero-order chi connectivity index (χ0) is 18.0. The average Bonchev–Trinajstić information content (AvgIpc) is 2.61. The molecule has 1 amide bonds. The second-order valence-electron chi connectivity index (χ2n) is 5.26. The predicted octanol–water partition coefficient (Wildman–Crippen LogP) is 2.36. The molecule has 0 radical (unpaired) electrons. The van der Waals surface area contributed by atoms with Gasteiger partial charge in [0.1, 0.15) is 0 Å². The fraction of sp³-hybridized carbons (Fsp3) is 0. The van der Waals surface area contributed by atoms with Crippen LogP contribution >= 0.6 is 0 Å². The van der Waals surface area contributed by atoms with Crippen molar-refractivity contribution >= 4 is 34.0 Å². The molecule has 0 aliphatic rings. The van der Waals surface area contributed by atoms with Crippen molar-refractivity contribution in [1.82, 2.24) is 0 Å². The molecule has 0 saturated heterocycles. The lowest BCUT2D eigenvalue weighted by molar-refractivity contribution is -0.385. The van der Waals surface area contributed by atoms with E-state index in [4.69, 9.17) is 0 Å². The molecule has 0 saturated carbocycles. The third kappa shape index (κ3) is 3.16. The van der Waals surface area contributed by atoms with Gasteiger partial charge < -0.3 is 15.2 Å². The number of amides is 1. The van der Waals surface area contributed by atoms with Gasteiger partial charge in [0.15, 0.2) is 0 Å². The molecule has 0 bridgehead atoms. The number of fused-ring (bicyclic) bond motifs is 1. The highest BCUT2D eigenvalue weighted by Crippen LogP contribution is 2.24. The third-order valence-electron chi connectivity index (χ3n) is 3.72. The molecule has 0 heterocycles. The minimum atomic E-state index is -1.66. The summed E-state index contributed by atoms with van der Waals surface area (Å²) in [6, 6.07) is 15.7. The van der Waals surface area contributed by atoms with E-state index in [-0.39, 0.29) is 5.56 Å². The maximum absolute atomic E-state index is 12.5. The lowest BCUT2D eigenvalue weighted by Crippen LogP contribution is -2.26. The monoisotopic (exact) mass is 335 g/mol. The predicted molar refractivity (Wildman–Crippen MR) is 89.3 cm³/mol. The van der Waals surface area contributed by atoms with Gasteiger partial charge in [-0.25, -0.2) is 0 Å². The zero-order valence-corrected chi connectivity index (χ0v) is 12.8. The molecule has 3 aromatic rings. The van der Waals surface area contributed by atoms with E-state index >= 15 is 0 Å². The van der Waals surface area contributed by atoms with Crippen LogP contribution in [0.4, 0.5) is 11.4 Å². The maximum Gasteiger partial charge on any atom is 0.270 e. The van der Waals surface area contributed by atoms with E-state index < -0.39 is 28.1 Å². The van der Waals surface area contributed by atoms with Crippen LogP contribution in [0.1, 0.15) is 20.7 Å². The second kappa shape index (κ2) is 6.40. The fourth-order valence-electron chi connectivity index (χ4n) is 2.54. The maximum atomic E-state index is 12.5. The molecule has 1 N–H and O–H groups in total. The van der Waals surface area contributed by atoms with Gasteiger partial charge in [0, 0.05) is 34.3 Å². The molecule has 3 rings (SSSR count). The van der Waals surface area contributed by atoms with E-state index in [1.165, 1.54) is 0 Å². The summed E-state index contributed by atoms with van der Waals surface area (Å²) in [5.41, 5.74) is -0.669. The van der Waals surface area contributed by atoms with Crippen LogP contribution in [0.2, 0.25) is 0 Å². The van der Waals surface area contributed by atoms with Gasteiger partial charge in [-0.2, -0.15) is 0 Å². The number of carboxylic acid groups (broad SMARTS) is 1. The van der Waals surface area contributed by atoms with Crippen molar-refractivity contribution in [1.29, 1.82) is 0 Å². The Morgan fingerprint density at radius 2 is 1.64 bits per heavy atom. The number of nitrogens with one attached hydrogen (secondary N) is 1. The van der Waals surface area contributed by atoms with Crippen molar-refractivity contribution in [3.05, 3.63) is 81.9 Å². The first-order valence-corrected chi connectivity index (χ1v) is 7.26. The summed E-state index contributed by atoms with van der Waals surface area (Å²) >= 11 is 0. The number of nitro groups is 1. The van der Waals surface area contributed by atoms with Gasteiger partial charge in [0.05, 0.1) is 10.9 Å². The molecule has 3 aromatic carbocycles. The van der Waals surface area contributed by atoms with Gasteiger partial charge in [-0.15, -0.1) is 0 Å². The summed E-state index contributed by atoms with van der Waals surface area (Å²) in [4.78, 5) is 33.8.